The van der Waals surface area contributed by atoms with E-state index in [1.54, 1.807) is 36.4 Å². The van der Waals surface area contributed by atoms with Gasteiger partial charge in [-0.1, -0.05) is 23.7 Å². The summed E-state index contributed by atoms with van der Waals surface area (Å²) in [6.45, 7) is -0.306. The minimum Gasteiger partial charge on any atom is -0.480 e. The van der Waals surface area contributed by atoms with Gasteiger partial charge in [-0.25, -0.2) is 4.98 Å². The van der Waals surface area contributed by atoms with E-state index in [0.717, 1.165) is 0 Å². The number of ether oxygens (including phenoxy) is 1. The van der Waals surface area contributed by atoms with Gasteiger partial charge in [0, 0.05) is 0 Å². The maximum Gasteiger partial charge on any atom is 0.266 e. The highest BCUT2D eigenvalue weighted by Crippen LogP contribution is 2.31. The number of fused-ring (bicyclic) bond motifs is 1. The van der Waals surface area contributed by atoms with Crippen molar-refractivity contribution in [1.29, 1.82) is 0 Å². The number of nitrogens with zero attached hydrogens (tertiary/aromatic N) is 2. The van der Waals surface area contributed by atoms with Crippen molar-refractivity contribution in [3.8, 4) is 5.75 Å². The molecule has 2 heterocycles. The summed E-state index contributed by atoms with van der Waals surface area (Å²) in [5.41, 5.74) is 0.488. The van der Waals surface area contributed by atoms with E-state index < -0.39 is 0 Å². The minimum absolute atomic E-state index is 0.129. The van der Waals surface area contributed by atoms with E-state index in [1.807, 2.05) is 0 Å². The molecule has 1 aliphatic rings. The number of aromatic nitrogens is 1. The number of pyridine rings is 1. The second-order valence-electron chi connectivity index (χ2n) is 4.75. The molecule has 3 rings (SSSR count). The Morgan fingerprint density at radius 1 is 1.35 bits per heavy atom. The summed E-state index contributed by atoms with van der Waals surface area (Å²) in [5, 5.41) is 3.10. The molecule has 0 aliphatic carbocycles. The van der Waals surface area contributed by atoms with Crippen LogP contribution < -0.4 is 15.0 Å². The first-order chi connectivity index (χ1) is 11.0. The van der Waals surface area contributed by atoms with Gasteiger partial charge in [0.15, 0.2) is 18.2 Å². The molecule has 1 aliphatic heterocycles. The molecule has 0 radical (unpaired) electrons. The second-order valence-corrected chi connectivity index (χ2v) is 5.97. The molecule has 0 fully saturated rings. The van der Waals surface area contributed by atoms with Gasteiger partial charge >= 0.3 is 0 Å². The summed E-state index contributed by atoms with van der Waals surface area (Å²) in [5.74, 6) is 0.0572. The molecule has 0 spiro atoms. The highest BCUT2D eigenvalue weighted by Gasteiger charge is 2.29. The third-order valence-corrected chi connectivity index (χ3v) is 3.93. The predicted molar refractivity (Wildman–Crippen MR) is 89.9 cm³/mol. The number of hydrogen-bond acceptors (Lipinski definition) is 4. The number of hydrogen-bond donors (Lipinski definition) is 1. The van der Waals surface area contributed by atoms with E-state index in [-0.39, 0.29) is 25.0 Å². The Hall–Kier alpha value is -2.12. The van der Waals surface area contributed by atoms with E-state index in [9.17, 15) is 9.59 Å². The van der Waals surface area contributed by atoms with Gasteiger partial charge in [0.25, 0.3) is 5.91 Å². The van der Waals surface area contributed by atoms with Crippen molar-refractivity contribution in [1.82, 2.24) is 4.98 Å². The minimum atomic E-state index is -0.374. The van der Waals surface area contributed by atoms with E-state index in [2.05, 4.69) is 26.2 Å². The summed E-state index contributed by atoms with van der Waals surface area (Å²) >= 11 is 9.25. The van der Waals surface area contributed by atoms with Crippen LogP contribution in [0, 0.1) is 0 Å². The summed E-state index contributed by atoms with van der Waals surface area (Å²) in [7, 11) is 0. The molecule has 1 N–H and O–H groups in total. The van der Waals surface area contributed by atoms with Crippen LogP contribution in [-0.4, -0.2) is 29.9 Å². The molecule has 6 nitrogen and oxygen atoms in total. The average Bonchev–Trinajstić information content (AvgIpc) is 2.52. The predicted octanol–water partition coefficient (Wildman–Crippen LogP) is 2.86. The van der Waals surface area contributed by atoms with Crippen molar-refractivity contribution >= 4 is 50.9 Å². The number of anilines is 2. The smallest absolute Gasteiger partial charge is 0.266 e. The van der Waals surface area contributed by atoms with Crippen molar-refractivity contribution in [3.63, 3.8) is 0 Å². The zero-order valence-electron chi connectivity index (χ0n) is 11.8. The number of rotatable bonds is 3. The van der Waals surface area contributed by atoms with Crippen LogP contribution in [0.2, 0.25) is 5.02 Å². The van der Waals surface area contributed by atoms with Gasteiger partial charge < -0.3 is 10.1 Å². The largest absolute Gasteiger partial charge is 0.480 e. The Balaban J connectivity index is 1.80. The normalized spacial score (nSPS) is 13.3. The van der Waals surface area contributed by atoms with Crippen LogP contribution in [0.15, 0.2) is 41.0 Å². The molecule has 118 valence electrons. The maximum atomic E-state index is 12.2. The van der Waals surface area contributed by atoms with E-state index in [1.165, 1.54) is 4.90 Å². The van der Waals surface area contributed by atoms with Gasteiger partial charge in [0.2, 0.25) is 5.91 Å². The number of para-hydroxylation sites is 1. The van der Waals surface area contributed by atoms with Crippen LogP contribution in [-0.2, 0) is 9.59 Å². The van der Waals surface area contributed by atoms with E-state index >= 15 is 0 Å². The molecule has 23 heavy (non-hydrogen) atoms. The molecule has 1 aromatic heterocycles. The fraction of sp³-hybridized carbons (Fsp3) is 0.133. The molecule has 0 atom stereocenters. The number of halogens is 2. The first kappa shape index (κ1) is 15.8. The molecule has 8 heteroatoms. The van der Waals surface area contributed by atoms with Crippen molar-refractivity contribution < 1.29 is 14.3 Å². The highest BCUT2D eigenvalue weighted by molar-refractivity contribution is 9.10. The molecule has 2 aromatic rings. The van der Waals surface area contributed by atoms with Crippen molar-refractivity contribution in [3.05, 3.63) is 46.0 Å². The molecule has 0 saturated carbocycles. The number of carbonyl (C=O) groups is 2. The van der Waals surface area contributed by atoms with E-state index in [4.69, 9.17) is 16.3 Å². The Bertz CT molecular complexity index is 784. The quantitative estimate of drug-likeness (QED) is 0.810. The number of nitrogens with one attached hydrogen (secondary N) is 1. The third-order valence-electron chi connectivity index (χ3n) is 3.16. The molecule has 0 unspecified atom stereocenters. The summed E-state index contributed by atoms with van der Waals surface area (Å²) in [6, 6.07) is 10.3. The Morgan fingerprint density at radius 3 is 2.91 bits per heavy atom. The average molecular weight is 397 g/mol. The Morgan fingerprint density at radius 2 is 2.13 bits per heavy atom. The maximum absolute atomic E-state index is 12.2. The van der Waals surface area contributed by atoms with Crippen LogP contribution in [0.1, 0.15) is 0 Å². The van der Waals surface area contributed by atoms with E-state index in [0.29, 0.717) is 26.9 Å². The monoisotopic (exact) mass is 395 g/mol. The zero-order chi connectivity index (χ0) is 16.4. The van der Waals surface area contributed by atoms with Crippen LogP contribution in [0.4, 0.5) is 11.5 Å². The lowest BCUT2D eigenvalue weighted by molar-refractivity contribution is -0.123. The Kier molecular flexibility index (Phi) is 4.49. The summed E-state index contributed by atoms with van der Waals surface area (Å²) < 4.78 is 5.86. The topological polar surface area (TPSA) is 71.5 Å². The van der Waals surface area contributed by atoms with Crippen molar-refractivity contribution in [2.45, 2.75) is 0 Å². The number of benzene rings is 1. The lowest BCUT2D eigenvalue weighted by Gasteiger charge is -2.27. The Labute approximate surface area is 145 Å². The standard InChI is InChI=1S/C15H11BrClN3O3/c16-12-6-5-11-15(19-12)20(14(22)8-23-11)7-13(21)18-10-4-2-1-3-9(10)17/h1-6H,7-8H2,(H,18,21). The molecule has 0 bridgehead atoms. The van der Waals surface area contributed by atoms with Gasteiger partial charge in [-0.05, 0) is 40.2 Å². The number of carbonyl (C=O) groups excluding carboxylic acids is 2. The second kappa shape index (κ2) is 6.55. The first-order valence-corrected chi connectivity index (χ1v) is 7.86. The lowest BCUT2D eigenvalue weighted by Crippen LogP contribution is -2.44. The highest BCUT2D eigenvalue weighted by atomic mass is 79.9. The first-order valence-electron chi connectivity index (χ1n) is 6.68. The number of amides is 2. The SMILES string of the molecule is O=C(CN1C(=O)COc2ccc(Br)nc21)Nc1ccccc1Cl. The molecular formula is C15H11BrClN3O3. The van der Waals surface area contributed by atoms with Gasteiger partial charge in [-0.2, -0.15) is 0 Å². The molecular weight excluding hydrogens is 386 g/mol. The van der Waals surface area contributed by atoms with Crippen LogP contribution >= 0.6 is 27.5 Å². The van der Waals surface area contributed by atoms with Gasteiger partial charge in [0.05, 0.1) is 10.7 Å². The van der Waals surface area contributed by atoms with Gasteiger partial charge in [0.1, 0.15) is 11.1 Å². The fourth-order valence-corrected chi connectivity index (χ4v) is 2.60. The molecule has 1 aromatic carbocycles. The van der Waals surface area contributed by atoms with Crippen molar-refractivity contribution in [2.75, 3.05) is 23.4 Å². The molecule has 2 amide bonds. The summed E-state index contributed by atoms with van der Waals surface area (Å²) in [4.78, 5) is 29.8. The lowest BCUT2D eigenvalue weighted by atomic mass is 10.3. The molecule has 0 saturated heterocycles. The third kappa shape index (κ3) is 3.46. The van der Waals surface area contributed by atoms with Crippen molar-refractivity contribution in [2.24, 2.45) is 0 Å². The van der Waals surface area contributed by atoms with Crippen LogP contribution in [0.5, 0.6) is 5.75 Å². The zero-order valence-corrected chi connectivity index (χ0v) is 14.1. The van der Waals surface area contributed by atoms with Crippen LogP contribution in [0.25, 0.3) is 0 Å². The van der Waals surface area contributed by atoms with Gasteiger partial charge in [-0.3, -0.25) is 14.5 Å². The van der Waals surface area contributed by atoms with Gasteiger partial charge in [-0.15, -0.1) is 0 Å². The fourth-order valence-electron chi connectivity index (χ4n) is 2.11. The summed E-state index contributed by atoms with van der Waals surface area (Å²) in [6.07, 6.45) is 0. The van der Waals surface area contributed by atoms with Crippen LogP contribution in [0.3, 0.4) is 0 Å².